The Morgan fingerprint density at radius 1 is 0.929 bits per heavy atom. The average molecular weight is 377 g/mol. The van der Waals surface area contributed by atoms with E-state index in [4.69, 9.17) is 9.97 Å². The third-order valence-corrected chi connectivity index (χ3v) is 5.21. The molecule has 0 amide bonds. The topological polar surface area (TPSA) is 86.5 Å². The molecular formula is C22H23N3O3. The summed E-state index contributed by atoms with van der Waals surface area (Å²) in [4.78, 5) is 23.3. The molecule has 0 saturated carbocycles. The molecule has 144 valence electrons. The smallest absolute Gasteiger partial charge is 0.335 e. The maximum Gasteiger partial charge on any atom is 0.335 e. The minimum absolute atomic E-state index is 0.000621. The normalized spacial score (nSPS) is 14.8. The van der Waals surface area contributed by atoms with Crippen LogP contribution >= 0.6 is 0 Å². The lowest BCUT2D eigenvalue weighted by atomic mass is 10.1. The summed E-state index contributed by atoms with van der Waals surface area (Å²) in [6.07, 6.45) is 4.64. The summed E-state index contributed by atoms with van der Waals surface area (Å²) in [5, 5.41) is 18.6. The fourth-order valence-corrected chi connectivity index (χ4v) is 3.64. The minimum Gasteiger partial charge on any atom is -0.478 e. The highest BCUT2D eigenvalue weighted by Gasteiger charge is 2.19. The molecule has 2 N–H and O–H groups in total. The Labute approximate surface area is 163 Å². The van der Waals surface area contributed by atoms with Crippen LogP contribution in [-0.2, 0) is 6.61 Å². The van der Waals surface area contributed by atoms with Gasteiger partial charge in [-0.3, -0.25) is 0 Å². The van der Waals surface area contributed by atoms with Crippen LogP contribution < -0.4 is 4.90 Å². The van der Waals surface area contributed by atoms with Crippen molar-refractivity contribution in [2.24, 2.45) is 0 Å². The van der Waals surface area contributed by atoms with Crippen LogP contribution in [0.1, 0.15) is 41.6 Å². The molecule has 0 radical (unpaired) electrons. The van der Waals surface area contributed by atoms with Crippen molar-refractivity contribution >= 4 is 22.8 Å². The summed E-state index contributed by atoms with van der Waals surface area (Å²) < 4.78 is 0. The molecule has 1 aliphatic rings. The Kier molecular flexibility index (Phi) is 5.21. The van der Waals surface area contributed by atoms with Gasteiger partial charge in [-0.15, -0.1) is 0 Å². The molecule has 3 aromatic rings. The first-order chi connectivity index (χ1) is 13.7. The highest BCUT2D eigenvalue weighted by molar-refractivity contribution is 5.93. The minimum atomic E-state index is -0.969. The van der Waals surface area contributed by atoms with Crippen LogP contribution in [0.25, 0.3) is 22.3 Å². The van der Waals surface area contributed by atoms with E-state index in [-0.39, 0.29) is 12.2 Å². The number of aliphatic hydroxyl groups is 1. The summed E-state index contributed by atoms with van der Waals surface area (Å²) in [6, 6.07) is 12.5. The van der Waals surface area contributed by atoms with E-state index in [2.05, 4.69) is 4.90 Å². The molecule has 6 nitrogen and oxygen atoms in total. The lowest BCUT2D eigenvalue weighted by Crippen LogP contribution is -2.26. The number of carbonyl (C=O) groups is 1. The second-order valence-corrected chi connectivity index (χ2v) is 7.16. The summed E-state index contributed by atoms with van der Waals surface area (Å²) >= 11 is 0. The first-order valence-corrected chi connectivity index (χ1v) is 9.66. The highest BCUT2D eigenvalue weighted by Crippen LogP contribution is 2.31. The zero-order chi connectivity index (χ0) is 19.5. The first kappa shape index (κ1) is 18.4. The van der Waals surface area contributed by atoms with E-state index in [0.717, 1.165) is 48.6 Å². The number of aromatic carboxylic acids is 1. The second kappa shape index (κ2) is 7.94. The zero-order valence-corrected chi connectivity index (χ0v) is 15.6. The lowest BCUT2D eigenvalue weighted by molar-refractivity contribution is 0.0697. The van der Waals surface area contributed by atoms with Crippen molar-refractivity contribution in [2.45, 2.75) is 32.3 Å². The van der Waals surface area contributed by atoms with E-state index < -0.39 is 5.97 Å². The van der Waals surface area contributed by atoms with Crippen molar-refractivity contribution in [3.63, 3.8) is 0 Å². The van der Waals surface area contributed by atoms with Gasteiger partial charge in [0.05, 0.1) is 23.2 Å². The van der Waals surface area contributed by atoms with E-state index in [0.29, 0.717) is 11.0 Å². The number of rotatable bonds is 4. The van der Waals surface area contributed by atoms with Crippen LogP contribution in [0.4, 0.5) is 5.82 Å². The van der Waals surface area contributed by atoms with Gasteiger partial charge >= 0.3 is 5.97 Å². The van der Waals surface area contributed by atoms with Crippen LogP contribution in [0.3, 0.4) is 0 Å². The number of anilines is 1. The number of benzene rings is 2. The zero-order valence-electron chi connectivity index (χ0n) is 15.6. The first-order valence-electron chi connectivity index (χ1n) is 9.66. The fraction of sp³-hybridized carbons (Fsp3) is 0.318. The number of hydrogen-bond acceptors (Lipinski definition) is 5. The summed E-state index contributed by atoms with van der Waals surface area (Å²) in [6.45, 7) is 1.84. The third-order valence-electron chi connectivity index (χ3n) is 5.21. The van der Waals surface area contributed by atoms with Crippen molar-refractivity contribution in [1.29, 1.82) is 0 Å². The Balaban J connectivity index is 1.87. The summed E-state index contributed by atoms with van der Waals surface area (Å²) in [5.41, 5.74) is 4.05. The Morgan fingerprint density at radius 2 is 1.64 bits per heavy atom. The Morgan fingerprint density at radius 3 is 2.29 bits per heavy atom. The van der Waals surface area contributed by atoms with Crippen LogP contribution in [-0.4, -0.2) is 39.2 Å². The van der Waals surface area contributed by atoms with Gasteiger partial charge in [-0.2, -0.15) is 0 Å². The van der Waals surface area contributed by atoms with E-state index in [1.165, 1.54) is 12.8 Å². The van der Waals surface area contributed by atoms with Crippen molar-refractivity contribution in [3.8, 4) is 11.3 Å². The molecular weight excluding hydrogens is 354 g/mol. The van der Waals surface area contributed by atoms with Gasteiger partial charge in [0.2, 0.25) is 0 Å². The number of carboxylic acids is 1. The molecule has 0 bridgehead atoms. The molecule has 0 atom stereocenters. The van der Waals surface area contributed by atoms with Crippen molar-refractivity contribution in [3.05, 3.63) is 53.6 Å². The molecule has 1 aromatic heterocycles. The molecule has 0 spiro atoms. The van der Waals surface area contributed by atoms with Gasteiger partial charge in [-0.1, -0.05) is 37.1 Å². The van der Waals surface area contributed by atoms with Crippen LogP contribution in [0, 0.1) is 0 Å². The standard InChI is InChI=1S/C22H23N3O3/c26-14-15-5-7-16(8-6-15)20-21(25-11-3-1-2-4-12-25)24-19-13-17(22(27)28)9-10-18(19)23-20/h5-10,13,26H,1-4,11-12,14H2,(H,27,28). The number of carboxylic acid groups (broad SMARTS) is 1. The van der Waals surface area contributed by atoms with E-state index in [1.807, 2.05) is 24.3 Å². The molecule has 0 aliphatic carbocycles. The highest BCUT2D eigenvalue weighted by atomic mass is 16.4. The van der Waals surface area contributed by atoms with Gasteiger partial charge in [0.1, 0.15) is 5.69 Å². The van der Waals surface area contributed by atoms with E-state index in [1.54, 1.807) is 18.2 Å². The quantitative estimate of drug-likeness (QED) is 0.718. The van der Waals surface area contributed by atoms with Crippen LogP contribution in [0.2, 0.25) is 0 Å². The fourth-order valence-electron chi connectivity index (χ4n) is 3.64. The van der Waals surface area contributed by atoms with E-state index in [9.17, 15) is 15.0 Å². The average Bonchev–Trinajstić information content (AvgIpc) is 3.02. The van der Waals surface area contributed by atoms with Gasteiger partial charge < -0.3 is 15.1 Å². The molecule has 2 heterocycles. The van der Waals surface area contributed by atoms with Gasteiger partial charge in [0, 0.05) is 18.7 Å². The molecule has 1 fully saturated rings. The Hall–Kier alpha value is -2.99. The van der Waals surface area contributed by atoms with Gasteiger partial charge in [-0.25, -0.2) is 14.8 Å². The molecule has 2 aromatic carbocycles. The molecule has 4 rings (SSSR count). The summed E-state index contributed by atoms with van der Waals surface area (Å²) in [5.74, 6) is -0.169. The monoisotopic (exact) mass is 377 g/mol. The largest absolute Gasteiger partial charge is 0.478 e. The second-order valence-electron chi connectivity index (χ2n) is 7.16. The maximum atomic E-state index is 11.3. The van der Waals surface area contributed by atoms with E-state index >= 15 is 0 Å². The Bertz CT molecular complexity index is 994. The van der Waals surface area contributed by atoms with Crippen molar-refractivity contribution in [2.75, 3.05) is 18.0 Å². The number of nitrogens with zero attached hydrogens (tertiary/aromatic N) is 3. The lowest BCUT2D eigenvalue weighted by Gasteiger charge is -2.24. The van der Waals surface area contributed by atoms with Crippen molar-refractivity contribution in [1.82, 2.24) is 9.97 Å². The van der Waals surface area contributed by atoms with Crippen LogP contribution in [0.5, 0.6) is 0 Å². The van der Waals surface area contributed by atoms with Gasteiger partial charge in [-0.05, 0) is 36.6 Å². The third kappa shape index (κ3) is 3.68. The van der Waals surface area contributed by atoms with Crippen molar-refractivity contribution < 1.29 is 15.0 Å². The SMILES string of the molecule is O=C(O)c1ccc2nc(-c3ccc(CO)cc3)c(N3CCCCCC3)nc2c1. The number of aromatic nitrogens is 2. The number of hydrogen-bond donors (Lipinski definition) is 2. The summed E-state index contributed by atoms with van der Waals surface area (Å²) in [7, 11) is 0. The predicted molar refractivity (Wildman–Crippen MR) is 109 cm³/mol. The van der Waals surface area contributed by atoms with Crippen LogP contribution in [0.15, 0.2) is 42.5 Å². The molecule has 1 aliphatic heterocycles. The predicted octanol–water partition coefficient (Wildman–Crippen LogP) is 3.87. The number of fused-ring (bicyclic) bond motifs is 1. The molecule has 28 heavy (non-hydrogen) atoms. The molecule has 1 saturated heterocycles. The molecule has 0 unspecified atom stereocenters. The van der Waals surface area contributed by atoms with Gasteiger partial charge in [0.25, 0.3) is 0 Å². The number of aliphatic hydroxyl groups excluding tert-OH is 1. The maximum absolute atomic E-state index is 11.3. The molecule has 6 heteroatoms. The van der Waals surface area contributed by atoms with Gasteiger partial charge in [0.15, 0.2) is 5.82 Å².